The highest BCUT2D eigenvalue weighted by Gasteiger charge is 2.48. The van der Waals surface area contributed by atoms with Gasteiger partial charge in [0.1, 0.15) is 17.5 Å². The van der Waals surface area contributed by atoms with E-state index < -0.39 is 5.60 Å². The highest BCUT2D eigenvalue weighted by atomic mass is 16.6. The van der Waals surface area contributed by atoms with Crippen LogP contribution < -0.4 is 5.32 Å². The molecule has 2 aromatic carbocycles. The smallest absolute Gasteiger partial charge is 0.410 e. The minimum atomic E-state index is -0.416. The van der Waals surface area contributed by atoms with Gasteiger partial charge in [0, 0.05) is 88.4 Å². The molecule has 6 saturated heterocycles. The van der Waals surface area contributed by atoms with Crippen LogP contribution in [0.5, 0.6) is 0 Å². The van der Waals surface area contributed by atoms with Gasteiger partial charge in [-0.15, -0.1) is 0 Å². The zero-order valence-corrected chi connectivity index (χ0v) is 38.1. The number of morpholine rings is 2. The molecule has 13 nitrogen and oxygen atoms in total. The highest BCUT2D eigenvalue weighted by molar-refractivity contribution is 5.74. The molecule has 0 radical (unpaired) electrons. The van der Waals surface area contributed by atoms with E-state index in [4.69, 9.17) is 18.9 Å². The summed E-state index contributed by atoms with van der Waals surface area (Å²) in [6.07, 6.45) is 5.27. The first kappa shape index (κ1) is 46.9. The van der Waals surface area contributed by atoms with E-state index in [1.165, 1.54) is 42.4 Å². The van der Waals surface area contributed by atoms with Gasteiger partial charge in [-0.25, -0.2) is 9.59 Å². The van der Waals surface area contributed by atoms with Crippen molar-refractivity contribution in [3.8, 4) is 0 Å². The van der Waals surface area contributed by atoms with E-state index in [0.717, 1.165) is 136 Å². The van der Waals surface area contributed by atoms with Gasteiger partial charge in [-0.3, -0.25) is 19.5 Å². The lowest BCUT2D eigenvalue weighted by atomic mass is 9.72. The molecule has 61 heavy (non-hydrogen) atoms. The predicted octanol–water partition coefficient (Wildman–Crippen LogP) is 6.29. The Labute approximate surface area is 365 Å². The summed E-state index contributed by atoms with van der Waals surface area (Å²) in [5, 5.41) is 3.36. The SMILES string of the molecule is CC(C)(C)OC(=O)N1CC2(CCN(Cc3ccc(CN4CCOCC4)cc3)CC2)C1.CC(C)(C)OC(=O)N1CC2(CCNCC2)C1.O=Cc1ccc(CN2CCOCC2)cc1. The molecule has 0 atom stereocenters. The molecule has 0 bridgehead atoms. The molecule has 1 N–H and O–H groups in total. The number of hydrogen-bond donors (Lipinski definition) is 1. The predicted molar refractivity (Wildman–Crippen MR) is 238 cm³/mol. The number of rotatable bonds is 7. The fraction of sp³-hybridized carbons (Fsp3) is 0.688. The van der Waals surface area contributed by atoms with Crippen molar-refractivity contribution in [2.24, 2.45) is 10.8 Å². The molecule has 13 heteroatoms. The summed E-state index contributed by atoms with van der Waals surface area (Å²) in [5.74, 6) is 0. The number of aldehydes is 1. The number of nitrogens with one attached hydrogen (secondary N) is 1. The van der Waals surface area contributed by atoms with Crippen molar-refractivity contribution >= 4 is 18.5 Å². The number of carbonyl (C=O) groups is 3. The molecule has 2 aromatic rings. The minimum absolute atomic E-state index is 0.156. The van der Waals surface area contributed by atoms with E-state index in [0.29, 0.717) is 10.8 Å². The molecule has 0 aromatic heterocycles. The quantitative estimate of drug-likeness (QED) is 0.317. The van der Waals surface area contributed by atoms with Crippen molar-refractivity contribution in [2.75, 3.05) is 105 Å². The second-order valence-electron chi connectivity index (χ2n) is 20.2. The van der Waals surface area contributed by atoms with Gasteiger partial charge in [-0.1, -0.05) is 48.5 Å². The largest absolute Gasteiger partial charge is 0.444 e. The number of likely N-dealkylation sites (tertiary alicyclic amines) is 3. The van der Waals surface area contributed by atoms with Crippen LogP contribution in [0.25, 0.3) is 0 Å². The molecule has 2 spiro atoms. The van der Waals surface area contributed by atoms with E-state index in [2.05, 4.69) is 44.3 Å². The van der Waals surface area contributed by atoms with Crippen LogP contribution in [-0.4, -0.2) is 159 Å². The molecular formula is C48H74N6O7. The molecule has 6 fully saturated rings. The fourth-order valence-electron chi connectivity index (χ4n) is 8.96. The summed E-state index contributed by atoms with van der Waals surface area (Å²) in [4.78, 5) is 45.5. The standard InChI is InChI=1S/C24H37N3O3.C12H22N2O2.C12H15NO2/c1-23(2,3)30-22(28)27-18-24(19-27)8-10-25(11-9-24)16-20-4-6-21(7-5-20)17-26-12-14-29-15-13-26;1-11(2,3)16-10(15)14-8-12(9-14)4-6-13-7-5-12;14-10-12-3-1-11(2-4-12)9-13-5-7-15-8-6-13/h4-7H,8-19H2,1-3H3;13H,4-9H2,1-3H3;1-4,10H,5-9H2. The number of carbonyl (C=O) groups excluding carboxylic acids is 3. The van der Waals surface area contributed by atoms with Gasteiger partial charge < -0.3 is 34.1 Å². The summed E-state index contributed by atoms with van der Waals surface area (Å²) in [5.41, 5.74) is 4.67. The van der Waals surface area contributed by atoms with Gasteiger partial charge >= 0.3 is 12.2 Å². The van der Waals surface area contributed by atoms with Gasteiger partial charge in [0.05, 0.1) is 26.4 Å². The molecule has 0 saturated carbocycles. The lowest BCUT2D eigenvalue weighted by Crippen LogP contribution is -2.62. The van der Waals surface area contributed by atoms with Crippen LogP contribution in [-0.2, 0) is 38.6 Å². The average Bonchev–Trinajstić information content (AvgIpc) is 3.21. The van der Waals surface area contributed by atoms with Crippen molar-refractivity contribution in [3.05, 3.63) is 70.8 Å². The molecule has 0 unspecified atom stereocenters. The first-order valence-corrected chi connectivity index (χ1v) is 22.7. The van der Waals surface area contributed by atoms with Crippen LogP contribution in [0.4, 0.5) is 9.59 Å². The zero-order valence-electron chi connectivity index (χ0n) is 38.1. The molecule has 0 aliphatic carbocycles. The topological polar surface area (TPSA) is 116 Å². The van der Waals surface area contributed by atoms with Crippen LogP contribution in [0.2, 0.25) is 0 Å². The van der Waals surface area contributed by atoms with E-state index in [1.54, 1.807) is 0 Å². The first-order valence-electron chi connectivity index (χ1n) is 22.7. The molecule has 338 valence electrons. The maximum atomic E-state index is 12.2. The van der Waals surface area contributed by atoms with E-state index >= 15 is 0 Å². The molecular weight excluding hydrogens is 773 g/mol. The number of hydrogen-bond acceptors (Lipinski definition) is 11. The minimum Gasteiger partial charge on any atom is -0.444 e. The number of benzene rings is 2. The summed E-state index contributed by atoms with van der Waals surface area (Å²) >= 11 is 0. The first-order chi connectivity index (χ1) is 29.1. The van der Waals surface area contributed by atoms with Crippen LogP contribution in [0.1, 0.15) is 94.3 Å². The average molecular weight is 847 g/mol. The van der Waals surface area contributed by atoms with Crippen molar-refractivity contribution < 1.29 is 33.3 Å². The molecule has 6 aliphatic rings. The molecule has 6 aliphatic heterocycles. The van der Waals surface area contributed by atoms with Crippen LogP contribution in [0, 0.1) is 10.8 Å². The van der Waals surface area contributed by atoms with Crippen molar-refractivity contribution in [3.63, 3.8) is 0 Å². The Balaban J connectivity index is 0.000000169. The van der Waals surface area contributed by atoms with Gasteiger partial charge in [0.2, 0.25) is 0 Å². The second kappa shape index (κ2) is 21.2. The number of nitrogens with zero attached hydrogens (tertiary/aromatic N) is 5. The summed E-state index contributed by atoms with van der Waals surface area (Å²) in [6, 6.07) is 16.9. The zero-order chi connectivity index (χ0) is 43.5. The van der Waals surface area contributed by atoms with Crippen LogP contribution in [0.15, 0.2) is 48.5 Å². The Bertz CT molecular complexity index is 1670. The third-order valence-corrected chi connectivity index (χ3v) is 12.6. The summed E-state index contributed by atoms with van der Waals surface area (Å²) in [7, 11) is 0. The van der Waals surface area contributed by atoms with Gasteiger partial charge in [0.15, 0.2) is 0 Å². The summed E-state index contributed by atoms with van der Waals surface area (Å²) in [6.45, 7) is 29.7. The number of ether oxygens (including phenoxy) is 4. The highest BCUT2D eigenvalue weighted by Crippen LogP contribution is 2.41. The lowest BCUT2D eigenvalue weighted by molar-refractivity contribution is -0.0601. The Kier molecular flexibility index (Phi) is 16.3. The maximum Gasteiger partial charge on any atom is 0.410 e. The normalized spacial score (nSPS) is 21.8. The fourth-order valence-corrected chi connectivity index (χ4v) is 8.96. The summed E-state index contributed by atoms with van der Waals surface area (Å²) < 4.78 is 21.6. The number of piperidine rings is 2. The molecule has 6 heterocycles. The lowest BCUT2D eigenvalue weighted by Gasteiger charge is -2.53. The van der Waals surface area contributed by atoms with Crippen molar-refractivity contribution in [1.29, 1.82) is 0 Å². The van der Waals surface area contributed by atoms with E-state index in [1.807, 2.05) is 75.6 Å². The Morgan fingerprint density at radius 1 is 0.574 bits per heavy atom. The van der Waals surface area contributed by atoms with Gasteiger partial charge in [-0.05, 0) is 110 Å². The van der Waals surface area contributed by atoms with Gasteiger partial charge in [0.25, 0.3) is 0 Å². The van der Waals surface area contributed by atoms with Crippen LogP contribution >= 0.6 is 0 Å². The Hall–Kier alpha value is -3.59. The monoisotopic (exact) mass is 847 g/mol. The Morgan fingerprint density at radius 2 is 0.918 bits per heavy atom. The van der Waals surface area contributed by atoms with E-state index in [-0.39, 0.29) is 17.8 Å². The second-order valence-corrected chi connectivity index (χ2v) is 20.2. The third kappa shape index (κ3) is 14.7. The Morgan fingerprint density at radius 3 is 1.28 bits per heavy atom. The number of amides is 2. The van der Waals surface area contributed by atoms with Crippen molar-refractivity contribution in [1.82, 2.24) is 29.8 Å². The third-order valence-electron chi connectivity index (χ3n) is 12.6. The van der Waals surface area contributed by atoms with Crippen molar-refractivity contribution in [2.45, 2.75) is 98.1 Å². The molecule has 2 amide bonds. The van der Waals surface area contributed by atoms with Crippen LogP contribution in [0.3, 0.4) is 0 Å². The molecule has 8 rings (SSSR count). The van der Waals surface area contributed by atoms with Gasteiger partial charge in [-0.2, -0.15) is 0 Å². The van der Waals surface area contributed by atoms with E-state index in [9.17, 15) is 14.4 Å². The maximum absolute atomic E-state index is 12.2.